The Balaban J connectivity index is 0. The van der Waals surface area contributed by atoms with E-state index in [0.717, 1.165) is 0 Å². The van der Waals surface area contributed by atoms with Gasteiger partial charge in [-0.05, 0) is 5.41 Å². The Bertz CT molecular complexity index is 266. The molecule has 0 aliphatic heterocycles. The van der Waals surface area contributed by atoms with Gasteiger partial charge in [-0.25, -0.2) is 0 Å². The van der Waals surface area contributed by atoms with Crippen LogP contribution in [0.15, 0.2) is 4.99 Å². The molecule has 5 heteroatoms. The molecule has 0 heterocycles. The summed E-state index contributed by atoms with van der Waals surface area (Å²) in [5, 5.41) is 6.18. The largest absolute Gasteiger partial charge is 0.379 e. The van der Waals surface area contributed by atoms with E-state index in [-0.39, 0.29) is 35.5 Å². The van der Waals surface area contributed by atoms with Gasteiger partial charge in [0.25, 0.3) is 0 Å². The van der Waals surface area contributed by atoms with E-state index in [1.165, 1.54) is 0 Å². The first-order valence-electron chi connectivity index (χ1n) is 5.36. The molecule has 0 saturated heterocycles. The molecule has 0 saturated carbocycles. The fraction of sp³-hybridized carbons (Fsp3) is 0.750. The third-order valence-corrected chi connectivity index (χ3v) is 2.29. The molecule has 0 fully saturated rings. The lowest BCUT2D eigenvalue weighted by Gasteiger charge is -2.29. The summed E-state index contributed by atoms with van der Waals surface area (Å²) in [5.41, 5.74) is 0.0900. The van der Waals surface area contributed by atoms with Crippen molar-refractivity contribution in [2.24, 2.45) is 10.4 Å². The first-order valence-corrected chi connectivity index (χ1v) is 5.36. The van der Waals surface area contributed by atoms with Crippen molar-refractivity contribution in [1.82, 2.24) is 10.6 Å². The first-order chi connectivity index (χ1) is 7.45. The van der Waals surface area contributed by atoms with Crippen LogP contribution >= 0.6 is 24.0 Å². The molecule has 0 aliphatic carbocycles. The molecule has 0 aromatic carbocycles. The Morgan fingerprint density at radius 2 is 2.00 bits per heavy atom. The van der Waals surface area contributed by atoms with E-state index in [1.807, 2.05) is 0 Å². The maximum absolute atomic E-state index is 5.43. The minimum absolute atomic E-state index is 0. The van der Waals surface area contributed by atoms with E-state index in [0.29, 0.717) is 19.0 Å². The highest BCUT2D eigenvalue weighted by atomic mass is 127. The zero-order valence-corrected chi connectivity index (χ0v) is 13.7. The molecule has 0 amide bonds. The van der Waals surface area contributed by atoms with E-state index >= 15 is 0 Å². The predicted octanol–water partition coefficient (Wildman–Crippen LogP) is 1.46. The zero-order valence-electron chi connectivity index (χ0n) is 11.3. The third kappa shape index (κ3) is 8.27. The highest BCUT2D eigenvalue weighted by molar-refractivity contribution is 14.0. The lowest BCUT2D eigenvalue weighted by atomic mass is 9.89. The molecule has 0 radical (unpaired) electrons. The molecule has 0 aromatic rings. The summed E-state index contributed by atoms with van der Waals surface area (Å²) in [4.78, 5) is 4.06. The molecule has 0 aromatic heterocycles. The van der Waals surface area contributed by atoms with Crippen LogP contribution in [-0.4, -0.2) is 39.3 Å². The highest BCUT2D eigenvalue weighted by Gasteiger charge is 2.24. The van der Waals surface area contributed by atoms with Crippen molar-refractivity contribution in [2.45, 2.75) is 26.9 Å². The van der Waals surface area contributed by atoms with Crippen LogP contribution in [-0.2, 0) is 4.74 Å². The molecule has 0 spiro atoms. The average Bonchev–Trinajstić information content (AvgIpc) is 2.21. The van der Waals surface area contributed by atoms with Gasteiger partial charge in [0, 0.05) is 20.7 Å². The topological polar surface area (TPSA) is 45.7 Å². The first kappa shape index (κ1) is 18.9. The monoisotopic (exact) mass is 353 g/mol. The maximum atomic E-state index is 5.43. The summed E-state index contributed by atoms with van der Waals surface area (Å²) in [6.07, 6.45) is 5.29. The minimum atomic E-state index is 0. The van der Waals surface area contributed by atoms with Gasteiger partial charge in [0.05, 0.1) is 12.6 Å². The summed E-state index contributed by atoms with van der Waals surface area (Å²) < 4.78 is 5.43. The summed E-state index contributed by atoms with van der Waals surface area (Å²) >= 11 is 0. The number of methoxy groups -OCH3 is 1. The van der Waals surface area contributed by atoms with Crippen LogP contribution in [0.3, 0.4) is 0 Å². The van der Waals surface area contributed by atoms with Crippen LogP contribution in [0.5, 0.6) is 0 Å². The standard InChI is InChI=1S/C12H23N3O.HI/c1-7-8-14-11(13-5)15-9-10(16-6)12(2,3)4;/h1,10H,8-9H2,2-6H3,(H2,13,14,15);1H. The Morgan fingerprint density at radius 3 is 2.35 bits per heavy atom. The molecule has 4 nitrogen and oxygen atoms in total. The number of aliphatic imine (C=N–C) groups is 1. The van der Waals surface area contributed by atoms with E-state index < -0.39 is 0 Å². The number of guanidine groups is 1. The van der Waals surface area contributed by atoms with Gasteiger partial charge in [-0.15, -0.1) is 30.4 Å². The van der Waals surface area contributed by atoms with Crippen molar-refractivity contribution in [1.29, 1.82) is 0 Å². The van der Waals surface area contributed by atoms with Crippen molar-refractivity contribution in [3.05, 3.63) is 0 Å². The van der Waals surface area contributed by atoms with E-state index in [1.54, 1.807) is 14.2 Å². The van der Waals surface area contributed by atoms with Crippen LogP contribution < -0.4 is 10.6 Å². The fourth-order valence-corrected chi connectivity index (χ4v) is 1.29. The number of nitrogens with zero attached hydrogens (tertiary/aromatic N) is 1. The number of hydrogen-bond donors (Lipinski definition) is 2. The average molecular weight is 353 g/mol. The molecule has 2 N–H and O–H groups in total. The van der Waals surface area contributed by atoms with Gasteiger partial charge in [0.1, 0.15) is 0 Å². The molecule has 0 rings (SSSR count). The van der Waals surface area contributed by atoms with Gasteiger partial charge in [-0.3, -0.25) is 4.99 Å². The Labute approximate surface area is 122 Å². The normalized spacial score (nSPS) is 13.3. The SMILES string of the molecule is C#CCNC(=NC)NCC(OC)C(C)(C)C.I. The number of nitrogens with one attached hydrogen (secondary N) is 2. The van der Waals surface area contributed by atoms with Crippen LogP contribution in [0.4, 0.5) is 0 Å². The lowest BCUT2D eigenvalue weighted by Crippen LogP contribution is -2.45. The molecular weight excluding hydrogens is 329 g/mol. The van der Waals surface area contributed by atoms with Crippen molar-refractivity contribution in [2.75, 3.05) is 27.2 Å². The van der Waals surface area contributed by atoms with Crippen molar-refractivity contribution >= 4 is 29.9 Å². The van der Waals surface area contributed by atoms with E-state index in [9.17, 15) is 0 Å². The smallest absolute Gasteiger partial charge is 0.191 e. The van der Waals surface area contributed by atoms with Gasteiger partial charge >= 0.3 is 0 Å². The predicted molar refractivity (Wildman–Crippen MR) is 83.9 cm³/mol. The number of ether oxygens (including phenoxy) is 1. The lowest BCUT2D eigenvalue weighted by molar-refractivity contribution is 0.0205. The van der Waals surface area contributed by atoms with Crippen molar-refractivity contribution < 1.29 is 4.74 Å². The molecule has 0 aliphatic rings. The highest BCUT2D eigenvalue weighted by Crippen LogP contribution is 2.20. The summed E-state index contributed by atoms with van der Waals surface area (Å²) in [5.74, 6) is 3.20. The third-order valence-electron chi connectivity index (χ3n) is 2.29. The van der Waals surface area contributed by atoms with Crippen LogP contribution in [0.2, 0.25) is 0 Å². The number of rotatable bonds is 4. The Kier molecular flexibility index (Phi) is 10.6. The Hall–Kier alpha value is -0.480. The second-order valence-corrected chi connectivity index (χ2v) is 4.60. The quantitative estimate of drug-likeness (QED) is 0.348. The number of halogens is 1. The fourth-order valence-electron chi connectivity index (χ4n) is 1.29. The van der Waals surface area contributed by atoms with Crippen LogP contribution in [0, 0.1) is 17.8 Å². The van der Waals surface area contributed by atoms with Gasteiger partial charge in [0.15, 0.2) is 5.96 Å². The van der Waals surface area contributed by atoms with E-state index in [2.05, 4.69) is 42.3 Å². The molecule has 1 unspecified atom stereocenters. The van der Waals surface area contributed by atoms with Crippen molar-refractivity contribution in [3.63, 3.8) is 0 Å². The van der Waals surface area contributed by atoms with E-state index in [4.69, 9.17) is 11.2 Å². The second kappa shape index (κ2) is 9.54. The zero-order chi connectivity index (χ0) is 12.6. The molecular formula is C12H24IN3O. The Morgan fingerprint density at radius 1 is 1.41 bits per heavy atom. The summed E-state index contributed by atoms with van der Waals surface area (Å²) in [6, 6.07) is 0. The van der Waals surface area contributed by atoms with Gasteiger partial charge in [-0.1, -0.05) is 26.7 Å². The van der Waals surface area contributed by atoms with Gasteiger partial charge < -0.3 is 15.4 Å². The molecule has 100 valence electrons. The number of terminal acetylenes is 1. The summed E-state index contributed by atoms with van der Waals surface area (Å²) in [6.45, 7) is 7.58. The van der Waals surface area contributed by atoms with Gasteiger partial charge in [-0.2, -0.15) is 0 Å². The molecule has 17 heavy (non-hydrogen) atoms. The maximum Gasteiger partial charge on any atom is 0.191 e. The minimum Gasteiger partial charge on any atom is -0.379 e. The van der Waals surface area contributed by atoms with Gasteiger partial charge in [0.2, 0.25) is 0 Å². The summed E-state index contributed by atoms with van der Waals surface area (Å²) in [7, 11) is 3.43. The number of hydrogen-bond acceptors (Lipinski definition) is 2. The second-order valence-electron chi connectivity index (χ2n) is 4.60. The molecule has 1 atom stereocenters. The van der Waals surface area contributed by atoms with Crippen molar-refractivity contribution in [3.8, 4) is 12.3 Å². The van der Waals surface area contributed by atoms with Crippen LogP contribution in [0.1, 0.15) is 20.8 Å². The molecule has 0 bridgehead atoms. The van der Waals surface area contributed by atoms with Crippen LogP contribution in [0.25, 0.3) is 0 Å².